The van der Waals surface area contributed by atoms with Crippen LogP contribution in [0.4, 0.5) is 34.9 Å². The van der Waals surface area contributed by atoms with E-state index in [2.05, 4.69) is 30.3 Å². The summed E-state index contributed by atoms with van der Waals surface area (Å²) >= 11 is 1.49. The van der Waals surface area contributed by atoms with E-state index in [4.69, 9.17) is 5.73 Å². The monoisotopic (exact) mass is 645 g/mol. The van der Waals surface area contributed by atoms with Crippen LogP contribution in [0.25, 0.3) is 21.3 Å². The summed E-state index contributed by atoms with van der Waals surface area (Å²) in [5, 5.41) is 6.41. The van der Waals surface area contributed by atoms with E-state index in [1.165, 1.54) is 36.0 Å². The van der Waals surface area contributed by atoms with Crippen LogP contribution in [0.1, 0.15) is 20.8 Å². The summed E-state index contributed by atoms with van der Waals surface area (Å²) in [7, 11) is -4.21. The fraction of sp³-hybridized carbons (Fsp3) is 0.111. The number of nitrogens with two attached hydrogens (primary N) is 1. The Labute approximate surface area is 247 Å². The Bertz CT molecular complexity index is 2030. The van der Waals surface area contributed by atoms with Crippen molar-refractivity contribution in [3.8, 4) is 10.4 Å². The van der Waals surface area contributed by atoms with Gasteiger partial charge < -0.3 is 21.1 Å². The number of fused-ring (bicyclic) bond motifs is 1. The van der Waals surface area contributed by atoms with Gasteiger partial charge in [0.1, 0.15) is 18.0 Å². The van der Waals surface area contributed by atoms with Crippen LogP contribution in [0.5, 0.6) is 0 Å². The maximum absolute atomic E-state index is 13.6. The van der Waals surface area contributed by atoms with E-state index in [1.807, 2.05) is 30.3 Å². The fourth-order valence-electron chi connectivity index (χ4n) is 4.17. The zero-order valence-corrected chi connectivity index (χ0v) is 24.3. The molecule has 0 radical (unpaired) electrons. The Balaban J connectivity index is 1.21. The minimum absolute atomic E-state index is 0.0296. The van der Waals surface area contributed by atoms with Gasteiger partial charge in [0, 0.05) is 21.7 Å². The molecule has 1 amide bonds. The number of hydrogen-bond donors (Lipinski definition) is 4. The first-order valence-corrected chi connectivity index (χ1v) is 16.4. The fourth-order valence-corrected chi connectivity index (χ4v) is 7.96. The lowest BCUT2D eigenvalue weighted by Crippen LogP contribution is -2.25. The van der Waals surface area contributed by atoms with Crippen molar-refractivity contribution in [2.24, 2.45) is 0 Å². The van der Waals surface area contributed by atoms with Gasteiger partial charge in [-0.2, -0.15) is 8.78 Å². The van der Waals surface area contributed by atoms with Crippen LogP contribution < -0.4 is 21.1 Å². The quantitative estimate of drug-likeness (QED) is 0.111. The highest BCUT2D eigenvalue weighted by molar-refractivity contribution is 8.42. The van der Waals surface area contributed by atoms with Gasteiger partial charge in [-0.25, -0.2) is 27.9 Å². The molecule has 1 aliphatic rings. The smallest absolute Gasteiger partial charge is 0.383 e. The molecule has 1 atom stereocenters. The first-order chi connectivity index (χ1) is 20.5. The third kappa shape index (κ3) is 5.96. The number of carbonyl (C=O) groups excluding carboxylic acids is 1. The topological polar surface area (TPSA) is 135 Å². The first kappa shape index (κ1) is 28.8. The van der Waals surface area contributed by atoms with Crippen molar-refractivity contribution in [1.82, 2.24) is 20.3 Å². The summed E-state index contributed by atoms with van der Waals surface area (Å²) in [6.07, 6.45) is 2.60. The largest absolute Gasteiger partial charge is 0.383 e. The van der Waals surface area contributed by atoms with E-state index in [9.17, 15) is 26.6 Å². The molecule has 9 nitrogen and oxygen atoms in total. The van der Waals surface area contributed by atoms with Crippen LogP contribution in [0.2, 0.25) is 0 Å². The second-order valence-corrected chi connectivity index (χ2v) is 15.4. The van der Waals surface area contributed by atoms with Crippen molar-refractivity contribution >= 4 is 62.1 Å². The number of amides is 1. The van der Waals surface area contributed by atoms with Crippen molar-refractivity contribution < 1.29 is 26.6 Å². The number of thiophene rings is 1. The third-order valence-electron chi connectivity index (χ3n) is 6.40. The van der Waals surface area contributed by atoms with Gasteiger partial charge in [0.2, 0.25) is 0 Å². The van der Waals surface area contributed by atoms with E-state index < -0.39 is 39.2 Å². The van der Waals surface area contributed by atoms with E-state index >= 15 is 0 Å². The van der Waals surface area contributed by atoms with Crippen LogP contribution in [-0.4, -0.2) is 30.1 Å². The number of carbonyl (C=O) groups is 1. The third-order valence-corrected chi connectivity index (χ3v) is 11.8. The van der Waals surface area contributed by atoms with E-state index in [0.717, 1.165) is 38.4 Å². The Morgan fingerprint density at radius 3 is 2.58 bits per heavy atom. The SMILES string of the molecule is Nc1ncnc2ccc(-c3ccc(CNc4ncc(NS5(=O)=PC5(F)F)cc4C(=O)NCc4ccc(F)c(F)c4)s3)cc12. The molecule has 0 spiro atoms. The summed E-state index contributed by atoms with van der Waals surface area (Å²) in [6.45, 7) is 0.121. The normalized spacial score (nSPS) is 17.2. The molecule has 43 heavy (non-hydrogen) atoms. The number of benzene rings is 2. The summed E-state index contributed by atoms with van der Waals surface area (Å²) < 4.78 is 68.6. The van der Waals surface area contributed by atoms with Gasteiger partial charge in [-0.1, -0.05) is 12.1 Å². The molecule has 0 fully saturated rings. The van der Waals surface area contributed by atoms with Crippen LogP contribution in [0.3, 0.4) is 0 Å². The van der Waals surface area contributed by atoms with Crippen molar-refractivity contribution in [3.63, 3.8) is 0 Å². The molecular formula is C27H20F4N7O2PS2. The number of anilines is 3. The van der Waals surface area contributed by atoms with E-state index in [1.54, 1.807) is 0 Å². The average Bonchev–Trinajstić information content (AvgIpc) is 3.26. The Morgan fingerprint density at radius 1 is 1.00 bits per heavy atom. The van der Waals surface area contributed by atoms with Gasteiger partial charge in [0.15, 0.2) is 20.9 Å². The molecule has 4 heterocycles. The molecular weight excluding hydrogens is 625 g/mol. The van der Waals surface area contributed by atoms with Crippen molar-refractivity contribution in [2.45, 2.75) is 18.1 Å². The summed E-state index contributed by atoms with van der Waals surface area (Å²) in [4.78, 5) is 24.1. The van der Waals surface area contributed by atoms with Crippen LogP contribution >= 0.6 is 18.7 Å². The minimum Gasteiger partial charge on any atom is -0.383 e. The Kier molecular flexibility index (Phi) is 7.40. The van der Waals surface area contributed by atoms with Crippen LogP contribution in [0, 0.1) is 11.6 Å². The number of hydrogen-bond acceptors (Lipinski definition) is 8. The molecule has 1 unspecified atom stereocenters. The average molecular weight is 646 g/mol. The maximum atomic E-state index is 13.6. The van der Waals surface area contributed by atoms with E-state index in [0.29, 0.717) is 11.4 Å². The lowest BCUT2D eigenvalue weighted by molar-refractivity contribution is 0.0951. The molecule has 6 rings (SSSR count). The van der Waals surface area contributed by atoms with Crippen molar-refractivity contribution in [3.05, 3.63) is 94.8 Å². The minimum atomic E-state index is -3.66. The van der Waals surface area contributed by atoms with Gasteiger partial charge in [-0.15, -0.1) is 11.3 Å². The van der Waals surface area contributed by atoms with Gasteiger partial charge in [-0.05, 0) is 53.6 Å². The molecule has 2 aromatic carbocycles. The summed E-state index contributed by atoms with van der Waals surface area (Å²) in [6, 6.07) is 14.0. The predicted octanol–water partition coefficient (Wildman–Crippen LogP) is 6.19. The Morgan fingerprint density at radius 2 is 1.81 bits per heavy atom. The number of nitrogen functional groups attached to an aromatic ring is 1. The molecule has 16 heteroatoms. The molecule has 0 saturated carbocycles. The van der Waals surface area contributed by atoms with Crippen molar-refractivity contribution in [2.75, 3.05) is 15.8 Å². The summed E-state index contributed by atoms with van der Waals surface area (Å²) in [5.74, 6) is -2.24. The zero-order chi connectivity index (χ0) is 30.4. The van der Waals surface area contributed by atoms with Crippen molar-refractivity contribution in [1.29, 1.82) is 0 Å². The molecule has 0 bridgehead atoms. The van der Waals surface area contributed by atoms with Crippen LogP contribution in [-0.2, 0) is 22.4 Å². The number of nitrogens with one attached hydrogen (secondary N) is 3. The standard InChI is InChI=1S/C27H20F4N7O2PS2/c28-20-4-1-14(7-21(20)29)10-35-26(39)19-9-16(38-43(40)27(30,31)41-43)11-33-25(19)34-12-17-3-6-23(42-17)15-2-5-22-18(8-15)24(32)37-13-36-22/h1-9,11,13H,10,12H2,(H,33,34)(H,35,39)(H,38,40)(H2,32,36,37). The molecule has 0 aliphatic carbocycles. The second-order valence-electron chi connectivity index (χ2n) is 9.37. The number of alkyl halides is 2. The van der Waals surface area contributed by atoms with Crippen LogP contribution in [0.15, 0.2) is 67.1 Å². The highest BCUT2D eigenvalue weighted by atomic mass is 32.6. The number of nitrogens with zero attached hydrogens (tertiary/aromatic N) is 3. The van der Waals surface area contributed by atoms with Gasteiger partial charge >= 0.3 is 5.00 Å². The summed E-state index contributed by atoms with van der Waals surface area (Å²) in [5.41, 5.74) is 7.88. The van der Waals surface area contributed by atoms with Gasteiger partial charge in [0.25, 0.3) is 5.91 Å². The number of pyridine rings is 1. The van der Waals surface area contributed by atoms with Gasteiger partial charge in [0.05, 0.1) is 36.9 Å². The zero-order valence-electron chi connectivity index (χ0n) is 21.8. The molecule has 3 aromatic heterocycles. The molecule has 5 N–H and O–H groups in total. The van der Waals surface area contributed by atoms with Gasteiger partial charge in [-0.3, -0.25) is 4.79 Å². The lowest BCUT2D eigenvalue weighted by atomic mass is 10.1. The number of rotatable bonds is 9. The van der Waals surface area contributed by atoms with E-state index in [-0.39, 0.29) is 30.2 Å². The molecule has 220 valence electrons. The Hall–Kier alpha value is -4.33. The molecule has 5 aromatic rings. The second kappa shape index (κ2) is 11.1. The highest BCUT2D eigenvalue weighted by Gasteiger charge is 2.56. The highest BCUT2D eigenvalue weighted by Crippen LogP contribution is 2.55. The number of aromatic nitrogens is 3. The first-order valence-electron chi connectivity index (χ1n) is 12.5. The predicted molar refractivity (Wildman–Crippen MR) is 160 cm³/mol. The maximum Gasteiger partial charge on any atom is 0.383 e. The number of halogens is 4. The molecule has 0 saturated heterocycles. The lowest BCUT2D eigenvalue weighted by Gasteiger charge is -2.13. The molecule has 1 aliphatic heterocycles.